The zero-order valence-corrected chi connectivity index (χ0v) is 10.1. The lowest BCUT2D eigenvalue weighted by Crippen LogP contribution is -2.07. The minimum Gasteiger partial charge on any atom is -0.327 e. The largest absolute Gasteiger partial charge is 0.327 e. The molecule has 18 heavy (non-hydrogen) atoms. The number of hydrogen-bond acceptors (Lipinski definition) is 1. The molecule has 0 amide bonds. The van der Waals surface area contributed by atoms with E-state index in [9.17, 15) is 0 Å². The van der Waals surface area contributed by atoms with Gasteiger partial charge in [-0.25, -0.2) is 4.98 Å². The second kappa shape index (κ2) is 3.70. The van der Waals surface area contributed by atoms with Gasteiger partial charge in [0.2, 0.25) is 0 Å². The van der Waals surface area contributed by atoms with E-state index in [0.29, 0.717) is 6.04 Å². The van der Waals surface area contributed by atoms with Crippen LogP contribution in [-0.4, -0.2) is 9.55 Å². The molecule has 0 saturated heterocycles. The van der Waals surface area contributed by atoms with Gasteiger partial charge in [0.15, 0.2) is 0 Å². The van der Waals surface area contributed by atoms with Gasteiger partial charge in [-0.15, -0.1) is 0 Å². The van der Waals surface area contributed by atoms with Crippen LogP contribution in [0.15, 0.2) is 54.9 Å². The molecule has 0 N–H and O–H groups in total. The van der Waals surface area contributed by atoms with Crippen molar-refractivity contribution >= 4 is 11.0 Å². The number of aromatic nitrogens is 2. The number of nitrogens with zero attached hydrogens (tertiary/aromatic N) is 2. The predicted octanol–water partition coefficient (Wildman–Crippen LogP) is 3.38. The fourth-order valence-electron chi connectivity index (χ4n) is 3.00. The molecule has 0 saturated carbocycles. The van der Waals surface area contributed by atoms with Gasteiger partial charge < -0.3 is 4.57 Å². The Hall–Kier alpha value is -2.09. The summed E-state index contributed by atoms with van der Waals surface area (Å²) in [5.74, 6) is 0. The Balaban J connectivity index is 1.78. The third-order valence-electron chi connectivity index (χ3n) is 3.90. The van der Waals surface area contributed by atoms with Crippen molar-refractivity contribution in [3.05, 3.63) is 66.0 Å². The summed E-state index contributed by atoms with van der Waals surface area (Å²) in [6.07, 6.45) is 4.23. The highest BCUT2D eigenvalue weighted by Crippen LogP contribution is 2.31. The molecular weight excluding hydrogens is 220 g/mol. The molecule has 0 atom stereocenters. The molecule has 0 bridgehead atoms. The fraction of sp³-hybridized carbons (Fsp3) is 0.188. The Kier molecular flexibility index (Phi) is 2.04. The van der Waals surface area contributed by atoms with Crippen LogP contribution >= 0.6 is 0 Å². The van der Waals surface area contributed by atoms with E-state index in [0.717, 1.165) is 18.4 Å². The zero-order valence-electron chi connectivity index (χ0n) is 10.1. The van der Waals surface area contributed by atoms with Crippen LogP contribution in [0.4, 0.5) is 0 Å². The quantitative estimate of drug-likeness (QED) is 0.631. The number of para-hydroxylation sites is 2. The van der Waals surface area contributed by atoms with E-state index in [1.165, 1.54) is 16.6 Å². The Morgan fingerprint density at radius 2 is 1.56 bits per heavy atom. The van der Waals surface area contributed by atoms with Crippen LogP contribution in [0.3, 0.4) is 0 Å². The van der Waals surface area contributed by atoms with Crippen molar-refractivity contribution in [2.45, 2.75) is 18.9 Å². The molecule has 1 aliphatic rings. The molecule has 1 aliphatic carbocycles. The van der Waals surface area contributed by atoms with Gasteiger partial charge in [0, 0.05) is 6.04 Å². The van der Waals surface area contributed by atoms with E-state index >= 15 is 0 Å². The molecular formula is C16H14N2. The monoisotopic (exact) mass is 234 g/mol. The van der Waals surface area contributed by atoms with Gasteiger partial charge in [-0.3, -0.25) is 0 Å². The molecule has 0 spiro atoms. The molecule has 4 rings (SSSR count). The highest BCUT2D eigenvalue weighted by molar-refractivity contribution is 5.75. The number of fused-ring (bicyclic) bond motifs is 2. The van der Waals surface area contributed by atoms with Crippen molar-refractivity contribution in [1.82, 2.24) is 9.55 Å². The first-order valence-corrected chi connectivity index (χ1v) is 6.40. The van der Waals surface area contributed by atoms with Gasteiger partial charge in [-0.05, 0) is 36.1 Å². The maximum Gasteiger partial charge on any atom is 0.0961 e. The second-order valence-corrected chi connectivity index (χ2v) is 4.97. The van der Waals surface area contributed by atoms with E-state index in [4.69, 9.17) is 0 Å². The average Bonchev–Trinajstić information content (AvgIpc) is 3.02. The van der Waals surface area contributed by atoms with Crippen LogP contribution in [0, 0.1) is 0 Å². The molecule has 2 heteroatoms. The molecule has 1 heterocycles. The standard InChI is InChI=1S/C16H14N2/c1-2-6-13-10-14(9-12(13)5-1)18-11-17-15-7-3-4-8-16(15)18/h1-8,11,14H,9-10H2. The third kappa shape index (κ3) is 1.39. The van der Waals surface area contributed by atoms with Crippen molar-refractivity contribution in [3.63, 3.8) is 0 Å². The number of imidazole rings is 1. The topological polar surface area (TPSA) is 17.8 Å². The summed E-state index contributed by atoms with van der Waals surface area (Å²) < 4.78 is 2.33. The lowest BCUT2D eigenvalue weighted by molar-refractivity contribution is 0.543. The number of benzene rings is 2. The van der Waals surface area contributed by atoms with Crippen LogP contribution in [0.1, 0.15) is 17.2 Å². The lowest BCUT2D eigenvalue weighted by atomic mass is 10.1. The lowest BCUT2D eigenvalue weighted by Gasteiger charge is -2.12. The van der Waals surface area contributed by atoms with Crippen LogP contribution in [-0.2, 0) is 12.8 Å². The summed E-state index contributed by atoms with van der Waals surface area (Å²) in [7, 11) is 0. The highest BCUT2D eigenvalue weighted by Gasteiger charge is 2.23. The van der Waals surface area contributed by atoms with Crippen molar-refractivity contribution in [3.8, 4) is 0 Å². The summed E-state index contributed by atoms with van der Waals surface area (Å²) >= 11 is 0. The molecule has 2 aromatic carbocycles. The highest BCUT2D eigenvalue weighted by atomic mass is 15.1. The molecule has 2 nitrogen and oxygen atoms in total. The zero-order chi connectivity index (χ0) is 11.9. The van der Waals surface area contributed by atoms with Crippen molar-refractivity contribution in [2.75, 3.05) is 0 Å². The Morgan fingerprint density at radius 3 is 2.33 bits per heavy atom. The maximum absolute atomic E-state index is 4.49. The molecule has 0 aliphatic heterocycles. The fourth-order valence-corrected chi connectivity index (χ4v) is 3.00. The van der Waals surface area contributed by atoms with Crippen LogP contribution in [0.25, 0.3) is 11.0 Å². The first-order chi connectivity index (χ1) is 8.92. The molecule has 3 aromatic rings. The first-order valence-electron chi connectivity index (χ1n) is 6.40. The molecule has 0 fully saturated rings. The summed E-state index contributed by atoms with van der Waals surface area (Å²) in [5, 5.41) is 0. The Bertz CT molecular complexity index is 687. The van der Waals surface area contributed by atoms with Gasteiger partial charge in [0.1, 0.15) is 0 Å². The first kappa shape index (κ1) is 9.89. The van der Waals surface area contributed by atoms with Gasteiger partial charge in [0.25, 0.3) is 0 Å². The third-order valence-corrected chi connectivity index (χ3v) is 3.90. The van der Waals surface area contributed by atoms with E-state index in [1.807, 2.05) is 12.4 Å². The van der Waals surface area contributed by atoms with Crippen LogP contribution < -0.4 is 0 Å². The van der Waals surface area contributed by atoms with E-state index < -0.39 is 0 Å². The SMILES string of the molecule is c1ccc2c(c1)CC(n1cnc3ccccc31)C2. The second-order valence-electron chi connectivity index (χ2n) is 4.97. The van der Waals surface area contributed by atoms with E-state index in [-0.39, 0.29) is 0 Å². The molecule has 88 valence electrons. The van der Waals surface area contributed by atoms with Crippen molar-refractivity contribution < 1.29 is 0 Å². The van der Waals surface area contributed by atoms with Crippen LogP contribution in [0.5, 0.6) is 0 Å². The normalized spacial score (nSPS) is 15.1. The average molecular weight is 234 g/mol. The van der Waals surface area contributed by atoms with Crippen molar-refractivity contribution in [2.24, 2.45) is 0 Å². The minimum atomic E-state index is 0.523. The van der Waals surface area contributed by atoms with Gasteiger partial charge in [-0.2, -0.15) is 0 Å². The van der Waals surface area contributed by atoms with Crippen LogP contribution in [0.2, 0.25) is 0 Å². The summed E-state index contributed by atoms with van der Waals surface area (Å²) in [6, 6.07) is 17.6. The number of rotatable bonds is 1. The van der Waals surface area contributed by atoms with Gasteiger partial charge >= 0.3 is 0 Å². The van der Waals surface area contributed by atoms with Gasteiger partial charge in [-0.1, -0.05) is 36.4 Å². The minimum absolute atomic E-state index is 0.523. The number of hydrogen-bond donors (Lipinski definition) is 0. The summed E-state index contributed by atoms with van der Waals surface area (Å²) in [4.78, 5) is 4.49. The maximum atomic E-state index is 4.49. The Morgan fingerprint density at radius 1 is 0.889 bits per heavy atom. The Labute approximate surface area is 106 Å². The smallest absolute Gasteiger partial charge is 0.0961 e. The summed E-state index contributed by atoms with van der Waals surface area (Å²) in [5.41, 5.74) is 5.31. The summed E-state index contributed by atoms with van der Waals surface area (Å²) in [6.45, 7) is 0. The molecule has 0 unspecified atom stereocenters. The van der Waals surface area contributed by atoms with E-state index in [1.54, 1.807) is 0 Å². The molecule has 0 radical (unpaired) electrons. The molecule has 1 aromatic heterocycles. The van der Waals surface area contributed by atoms with E-state index in [2.05, 4.69) is 52.0 Å². The van der Waals surface area contributed by atoms with Gasteiger partial charge in [0.05, 0.1) is 17.4 Å². The van der Waals surface area contributed by atoms with Crippen molar-refractivity contribution in [1.29, 1.82) is 0 Å². The predicted molar refractivity (Wildman–Crippen MR) is 72.6 cm³/mol.